The second kappa shape index (κ2) is 8.75. The molecule has 112 valence electrons. The molecule has 3 nitrogen and oxygen atoms in total. The fourth-order valence-corrected chi connectivity index (χ4v) is 2.43. The Morgan fingerprint density at radius 2 is 1.55 bits per heavy atom. The van der Waals surface area contributed by atoms with E-state index in [1.165, 1.54) is 25.7 Å². The second-order valence-electron chi connectivity index (χ2n) is 5.40. The van der Waals surface area contributed by atoms with Crippen molar-refractivity contribution in [3.8, 4) is 0 Å². The Kier molecular flexibility index (Phi) is 7.31. The summed E-state index contributed by atoms with van der Waals surface area (Å²) in [4.78, 5) is 11.4. The monoisotopic (exact) mass is 278 g/mol. The van der Waals surface area contributed by atoms with Crippen LogP contribution in [-0.2, 0) is 10.4 Å². The van der Waals surface area contributed by atoms with Crippen LogP contribution in [0.1, 0.15) is 63.9 Å². The summed E-state index contributed by atoms with van der Waals surface area (Å²) >= 11 is 0. The molecule has 0 aliphatic carbocycles. The zero-order valence-corrected chi connectivity index (χ0v) is 12.3. The van der Waals surface area contributed by atoms with Gasteiger partial charge in [0.05, 0.1) is 0 Å². The van der Waals surface area contributed by atoms with Gasteiger partial charge in [0, 0.05) is 0 Å². The highest BCUT2D eigenvalue weighted by molar-refractivity contribution is 5.79. The minimum Gasteiger partial charge on any atom is -0.479 e. The van der Waals surface area contributed by atoms with Gasteiger partial charge < -0.3 is 10.2 Å². The van der Waals surface area contributed by atoms with E-state index in [0.29, 0.717) is 5.56 Å². The average Bonchev–Trinajstić information content (AvgIpc) is 2.46. The van der Waals surface area contributed by atoms with Crippen LogP contribution in [0.25, 0.3) is 0 Å². The number of hydrogen-bond acceptors (Lipinski definition) is 2. The Morgan fingerprint density at radius 3 is 2.10 bits per heavy atom. The highest BCUT2D eigenvalue weighted by Gasteiger charge is 2.36. The third kappa shape index (κ3) is 4.97. The summed E-state index contributed by atoms with van der Waals surface area (Å²) in [6.45, 7) is 2.19. The summed E-state index contributed by atoms with van der Waals surface area (Å²) in [5, 5.41) is 19.7. The summed E-state index contributed by atoms with van der Waals surface area (Å²) in [5.41, 5.74) is -1.27. The number of aliphatic carboxylic acids is 1. The van der Waals surface area contributed by atoms with Crippen molar-refractivity contribution in [1.29, 1.82) is 0 Å². The Labute approximate surface area is 121 Å². The third-order valence-electron chi connectivity index (χ3n) is 3.75. The van der Waals surface area contributed by atoms with Crippen LogP contribution in [0.15, 0.2) is 30.3 Å². The molecule has 0 aliphatic heterocycles. The van der Waals surface area contributed by atoms with Crippen molar-refractivity contribution in [2.45, 2.75) is 63.9 Å². The highest BCUT2D eigenvalue weighted by Crippen LogP contribution is 2.28. The van der Waals surface area contributed by atoms with Gasteiger partial charge in [0.1, 0.15) is 0 Å². The fourth-order valence-electron chi connectivity index (χ4n) is 2.43. The maximum atomic E-state index is 11.4. The first-order valence-electron chi connectivity index (χ1n) is 7.62. The van der Waals surface area contributed by atoms with Gasteiger partial charge in [-0.2, -0.15) is 0 Å². The van der Waals surface area contributed by atoms with E-state index >= 15 is 0 Å². The first kappa shape index (κ1) is 16.7. The van der Waals surface area contributed by atoms with Crippen molar-refractivity contribution >= 4 is 5.97 Å². The Morgan fingerprint density at radius 1 is 1.00 bits per heavy atom. The van der Waals surface area contributed by atoms with Crippen molar-refractivity contribution < 1.29 is 15.0 Å². The predicted octanol–water partition coefficient (Wildman–Crippen LogP) is 4.10. The van der Waals surface area contributed by atoms with Crippen LogP contribution in [0.3, 0.4) is 0 Å². The van der Waals surface area contributed by atoms with Gasteiger partial charge in [0.15, 0.2) is 5.60 Å². The molecule has 0 aliphatic rings. The molecule has 0 aromatic heterocycles. The van der Waals surface area contributed by atoms with E-state index in [4.69, 9.17) is 0 Å². The van der Waals surface area contributed by atoms with Crippen LogP contribution in [0, 0.1) is 0 Å². The molecule has 3 heteroatoms. The first-order chi connectivity index (χ1) is 9.61. The Bertz CT molecular complexity index is 388. The van der Waals surface area contributed by atoms with Crippen LogP contribution in [0.2, 0.25) is 0 Å². The second-order valence-corrected chi connectivity index (χ2v) is 5.40. The van der Waals surface area contributed by atoms with E-state index in [-0.39, 0.29) is 6.42 Å². The maximum absolute atomic E-state index is 11.4. The van der Waals surface area contributed by atoms with E-state index in [1.807, 2.05) is 6.07 Å². The largest absolute Gasteiger partial charge is 0.479 e. The van der Waals surface area contributed by atoms with Crippen LogP contribution < -0.4 is 0 Å². The van der Waals surface area contributed by atoms with Crippen LogP contribution in [0.4, 0.5) is 0 Å². The number of carboxylic acids is 1. The topological polar surface area (TPSA) is 57.5 Å². The third-order valence-corrected chi connectivity index (χ3v) is 3.75. The lowest BCUT2D eigenvalue weighted by molar-refractivity contribution is -0.160. The summed E-state index contributed by atoms with van der Waals surface area (Å²) in [7, 11) is 0. The standard InChI is InChI=1S/C17H26O3/c1-2-3-4-5-6-7-11-14-17(20,16(18)19)15-12-9-8-10-13-15/h8-10,12-13,20H,2-7,11,14H2,1H3,(H,18,19)/t17-/m0/s1. The molecule has 0 amide bonds. The molecule has 0 radical (unpaired) electrons. The van der Waals surface area contributed by atoms with Gasteiger partial charge in [-0.05, 0) is 18.4 Å². The molecule has 1 aromatic rings. The number of carboxylic acid groups (broad SMARTS) is 1. The molecule has 0 unspecified atom stereocenters. The van der Waals surface area contributed by atoms with Crippen molar-refractivity contribution in [1.82, 2.24) is 0 Å². The zero-order valence-electron chi connectivity index (χ0n) is 12.3. The van der Waals surface area contributed by atoms with Gasteiger partial charge >= 0.3 is 5.97 Å². The molecule has 1 atom stereocenters. The van der Waals surface area contributed by atoms with Gasteiger partial charge in [0.25, 0.3) is 0 Å². The van der Waals surface area contributed by atoms with Crippen molar-refractivity contribution in [3.05, 3.63) is 35.9 Å². The number of benzene rings is 1. The molecular weight excluding hydrogens is 252 g/mol. The average molecular weight is 278 g/mol. The molecule has 0 saturated heterocycles. The molecule has 0 bridgehead atoms. The SMILES string of the molecule is CCCCCCCCC[C@@](O)(C(=O)O)c1ccccc1. The van der Waals surface area contributed by atoms with Gasteiger partial charge in [0.2, 0.25) is 0 Å². The lowest BCUT2D eigenvalue weighted by Gasteiger charge is -2.23. The van der Waals surface area contributed by atoms with E-state index in [0.717, 1.165) is 19.3 Å². The highest BCUT2D eigenvalue weighted by atomic mass is 16.4. The molecule has 20 heavy (non-hydrogen) atoms. The molecule has 0 saturated carbocycles. The zero-order chi connectivity index (χ0) is 14.8. The molecule has 0 heterocycles. The van der Waals surface area contributed by atoms with E-state index < -0.39 is 11.6 Å². The van der Waals surface area contributed by atoms with E-state index in [2.05, 4.69) is 6.92 Å². The molecule has 2 N–H and O–H groups in total. The van der Waals surface area contributed by atoms with Crippen LogP contribution >= 0.6 is 0 Å². The molecule has 1 aromatic carbocycles. The Balaban J connectivity index is 2.43. The Hall–Kier alpha value is -1.35. The smallest absolute Gasteiger partial charge is 0.340 e. The normalized spacial score (nSPS) is 13.9. The van der Waals surface area contributed by atoms with Crippen LogP contribution in [-0.4, -0.2) is 16.2 Å². The quantitative estimate of drug-likeness (QED) is 0.633. The minimum atomic E-state index is -1.75. The maximum Gasteiger partial charge on any atom is 0.340 e. The summed E-state index contributed by atoms with van der Waals surface area (Å²) < 4.78 is 0. The number of rotatable bonds is 10. The number of hydrogen-bond donors (Lipinski definition) is 2. The van der Waals surface area contributed by atoms with Crippen molar-refractivity contribution in [2.24, 2.45) is 0 Å². The lowest BCUT2D eigenvalue weighted by Crippen LogP contribution is -2.35. The van der Waals surface area contributed by atoms with Gasteiger partial charge in [-0.15, -0.1) is 0 Å². The predicted molar refractivity (Wildman–Crippen MR) is 80.6 cm³/mol. The minimum absolute atomic E-state index is 0.278. The van der Waals surface area contributed by atoms with E-state index in [1.54, 1.807) is 24.3 Å². The van der Waals surface area contributed by atoms with Gasteiger partial charge in [-0.1, -0.05) is 75.8 Å². The summed E-state index contributed by atoms with van der Waals surface area (Å²) in [6.07, 6.45) is 8.06. The first-order valence-corrected chi connectivity index (χ1v) is 7.62. The lowest BCUT2D eigenvalue weighted by atomic mass is 9.88. The van der Waals surface area contributed by atoms with Gasteiger partial charge in [-0.25, -0.2) is 4.79 Å². The number of unbranched alkanes of at least 4 members (excludes halogenated alkanes) is 6. The van der Waals surface area contributed by atoms with Crippen molar-refractivity contribution in [3.63, 3.8) is 0 Å². The van der Waals surface area contributed by atoms with Crippen molar-refractivity contribution in [2.75, 3.05) is 0 Å². The van der Waals surface area contributed by atoms with E-state index in [9.17, 15) is 15.0 Å². The molecule has 0 spiro atoms. The van der Waals surface area contributed by atoms with Gasteiger partial charge in [-0.3, -0.25) is 0 Å². The molecule has 0 fully saturated rings. The number of carbonyl (C=O) groups is 1. The number of aliphatic hydroxyl groups is 1. The van der Waals surface area contributed by atoms with Crippen LogP contribution in [0.5, 0.6) is 0 Å². The summed E-state index contributed by atoms with van der Waals surface area (Å²) in [6, 6.07) is 8.69. The molecular formula is C17H26O3. The fraction of sp³-hybridized carbons (Fsp3) is 0.588. The summed E-state index contributed by atoms with van der Waals surface area (Å²) in [5.74, 6) is -1.16. The molecule has 1 rings (SSSR count).